The van der Waals surface area contributed by atoms with E-state index in [1.165, 1.54) is 7.11 Å². The zero-order chi connectivity index (χ0) is 12.0. The van der Waals surface area contributed by atoms with Crippen LogP contribution in [0.1, 0.15) is 26.2 Å². The third kappa shape index (κ3) is 3.18. The molecule has 0 fully saturated rings. The molecular weight excluding hydrogens is 208 g/mol. The number of hydrogen-bond acceptors (Lipinski definition) is 4. The van der Waals surface area contributed by atoms with Gasteiger partial charge in [-0.15, -0.1) is 0 Å². The summed E-state index contributed by atoms with van der Waals surface area (Å²) < 4.78 is 9.85. The van der Waals surface area contributed by atoms with Gasteiger partial charge in [-0.05, 0) is 19.3 Å². The normalized spacial score (nSPS) is 17.4. The number of allylic oxidation sites excluding steroid dienone is 2. The second-order valence-electron chi connectivity index (χ2n) is 3.57. The molecule has 1 atom stereocenters. The highest BCUT2D eigenvalue weighted by molar-refractivity contribution is 5.93. The molecule has 0 saturated heterocycles. The lowest BCUT2D eigenvalue weighted by molar-refractivity contribution is -0.136. The lowest BCUT2D eigenvalue weighted by atomic mass is 9.97. The SMILES string of the molecule is CCCO[C@H](O)C1=CCCC=C1C(=O)OC. The van der Waals surface area contributed by atoms with E-state index in [0.29, 0.717) is 17.8 Å². The summed E-state index contributed by atoms with van der Waals surface area (Å²) in [7, 11) is 1.33. The number of hydrogen-bond donors (Lipinski definition) is 1. The van der Waals surface area contributed by atoms with Crippen molar-refractivity contribution >= 4 is 5.97 Å². The first-order valence-electron chi connectivity index (χ1n) is 5.49. The van der Waals surface area contributed by atoms with E-state index in [9.17, 15) is 9.90 Å². The monoisotopic (exact) mass is 226 g/mol. The van der Waals surface area contributed by atoms with Gasteiger partial charge in [0.1, 0.15) is 0 Å². The molecule has 0 amide bonds. The summed E-state index contributed by atoms with van der Waals surface area (Å²) in [6, 6.07) is 0. The van der Waals surface area contributed by atoms with Crippen molar-refractivity contribution in [2.24, 2.45) is 0 Å². The standard InChI is InChI=1S/C12H18O4/c1-3-8-16-12(14)10-7-5-4-6-9(10)11(13)15-2/h6-7,12,14H,3-5,8H2,1-2H3/t12-/m0/s1. The van der Waals surface area contributed by atoms with Gasteiger partial charge in [0.15, 0.2) is 6.29 Å². The number of ether oxygens (including phenoxy) is 2. The fourth-order valence-corrected chi connectivity index (χ4v) is 1.56. The van der Waals surface area contributed by atoms with Crippen LogP contribution in [-0.4, -0.2) is 31.1 Å². The second kappa shape index (κ2) is 6.45. The van der Waals surface area contributed by atoms with Crippen molar-refractivity contribution in [2.45, 2.75) is 32.5 Å². The summed E-state index contributed by atoms with van der Waals surface area (Å²) in [5.41, 5.74) is 0.934. The van der Waals surface area contributed by atoms with Gasteiger partial charge in [0.25, 0.3) is 0 Å². The van der Waals surface area contributed by atoms with E-state index in [1.54, 1.807) is 6.08 Å². The van der Waals surface area contributed by atoms with Gasteiger partial charge >= 0.3 is 5.97 Å². The van der Waals surface area contributed by atoms with E-state index in [2.05, 4.69) is 4.74 Å². The minimum atomic E-state index is -1.04. The van der Waals surface area contributed by atoms with Crippen molar-refractivity contribution in [3.8, 4) is 0 Å². The second-order valence-corrected chi connectivity index (χ2v) is 3.57. The maximum absolute atomic E-state index is 11.5. The van der Waals surface area contributed by atoms with Gasteiger partial charge in [-0.1, -0.05) is 19.1 Å². The van der Waals surface area contributed by atoms with Gasteiger partial charge < -0.3 is 14.6 Å². The largest absolute Gasteiger partial charge is 0.465 e. The third-order valence-corrected chi connectivity index (χ3v) is 2.34. The Balaban J connectivity index is 2.72. The summed E-state index contributed by atoms with van der Waals surface area (Å²) in [6.45, 7) is 2.42. The van der Waals surface area contributed by atoms with Crippen LogP contribution in [0.4, 0.5) is 0 Å². The van der Waals surface area contributed by atoms with Crippen LogP contribution in [0.25, 0.3) is 0 Å². The van der Waals surface area contributed by atoms with Gasteiger partial charge in [-0.2, -0.15) is 0 Å². The zero-order valence-electron chi connectivity index (χ0n) is 9.73. The zero-order valence-corrected chi connectivity index (χ0v) is 9.73. The molecule has 0 aliphatic heterocycles. The van der Waals surface area contributed by atoms with Crippen LogP contribution in [0.5, 0.6) is 0 Å². The first kappa shape index (κ1) is 12.9. The average molecular weight is 226 g/mol. The van der Waals surface area contributed by atoms with Crippen LogP contribution in [0.3, 0.4) is 0 Å². The Morgan fingerprint density at radius 1 is 1.50 bits per heavy atom. The summed E-state index contributed by atoms with van der Waals surface area (Å²) in [5.74, 6) is -0.426. The maximum atomic E-state index is 11.5. The summed E-state index contributed by atoms with van der Waals surface area (Å²) in [6.07, 6.45) is 4.98. The number of methoxy groups -OCH3 is 1. The first-order valence-corrected chi connectivity index (χ1v) is 5.49. The molecule has 0 aromatic carbocycles. The molecule has 4 heteroatoms. The number of carbonyl (C=O) groups excluding carboxylic acids is 1. The Morgan fingerprint density at radius 2 is 2.19 bits per heavy atom. The van der Waals surface area contributed by atoms with Crippen molar-refractivity contribution in [3.05, 3.63) is 23.3 Å². The molecule has 0 unspecified atom stereocenters. The Labute approximate surface area is 95.6 Å². The molecule has 1 aliphatic carbocycles. The fraction of sp³-hybridized carbons (Fsp3) is 0.583. The van der Waals surface area contributed by atoms with Gasteiger partial charge in [0.2, 0.25) is 0 Å². The lowest BCUT2D eigenvalue weighted by Gasteiger charge is -2.19. The number of aliphatic hydroxyl groups excluding tert-OH is 1. The van der Waals surface area contributed by atoms with Crippen molar-refractivity contribution < 1.29 is 19.4 Å². The van der Waals surface area contributed by atoms with Crippen molar-refractivity contribution in [1.29, 1.82) is 0 Å². The minimum Gasteiger partial charge on any atom is -0.465 e. The molecule has 0 bridgehead atoms. The Kier molecular flexibility index (Phi) is 5.22. The predicted octanol–water partition coefficient (Wildman–Crippen LogP) is 1.55. The summed E-state index contributed by atoms with van der Waals surface area (Å²) in [5, 5.41) is 9.78. The molecule has 0 heterocycles. The van der Waals surface area contributed by atoms with Crippen molar-refractivity contribution in [1.82, 2.24) is 0 Å². The molecule has 0 saturated carbocycles. The molecule has 1 aliphatic rings. The smallest absolute Gasteiger partial charge is 0.337 e. The topological polar surface area (TPSA) is 55.8 Å². The number of esters is 1. The predicted molar refractivity (Wildman–Crippen MR) is 59.7 cm³/mol. The Bertz CT molecular complexity index is 304. The van der Waals surface area contributed by atoms with E-state index < -0.39 is 12.3 Å². The van der Waals surface area contributed by atoms with Crippen LogP contribution in [-0.2, 0) is 14.3 Å². The van der Waals surface area contributed by atoms with Crippen LogP contribution < -0.4 is 0 Å². The van der Waals surface area contributed by atoms with E-state index >= 15 is 0 Å². The molecule has 1 rings (SSSR count). The molecule has 1 N–H and O–H groups in total. The number of rotatable bonds is 5. The lowest BCUT2D eigenvalue weighted by Crippen LogP contribution is -2.22. The van der Waals surface area contributed by atoms with Gasteiger partial charge in [-0.25, -0.2) is 4.79 Å². The van der Waals surface area contributed by atoms with Gasteiger partial charge in [0.05, 0.1) is 12.7 Å². The van der Waals surface area contributed by atoms with Gasteiger partial charge in [-0.3, -0.25) is 0 Å². The van der Waals surface area contributed by atoms with Crippen molar-refractivity contribution in [2.75, 3.05) is 13.7 Å². The van der Waals surface area contributed by atoms with Crippen LogP contribution in [0, 0.1) is 0 Å². The molecule has 0 radical (unpaired) electrons. The van der Waals surface area contributed by atoms with E-state index in [1.807, 2.05) is 13.0 Å². The van der Waals surface area contributed by atoms with E-state index in [0.717, 1.165) is 19.3 Å². The van der Waals surface area contributed by atoms with E-state index in [-0.39, 0.29) is 0 Å². The number of carbonyl (C=O) groups is 1. The highest BCUT2D eigenvalue weighted by Gasteiger charge is 2.23. The molecule has 90 valence electrons. The van der Waals surface area contributed by atoms with Gasteiger partial charge in [0, 0.05) is 12.2 Å². The molecule has 0 spiro atoms. The van der Waals surface area contributed by atoms with E-state index in [4.69, 9.17) is 4.74 Å². The van der Waals surface area contributed by atoms with Crippen LogP contribution in [0.15, 0.2) is 23.3 Å². The molecule has 0 aromatic rings. The quantitative estimate of drug-likeness (QED) is 0.571. The van der Waals surface area contributed by atoms with Crippen LogP contribution in [0.2, 0.25) is 0 Å². The van der Waals surface area contributed by atoms with Crippen molar-refractivity contribution in [3.63, 3.8) is 0 Å². The number of aliphatic hydroxyl groups is 1. The van der Waals surface area contributed by atoms with Crippen LogP contribution >= 0.6 is 0 Å². The summed E-state index contributed by atoms with van der Waals surface area (Å²) in [4.78, 5) is 11.5. The molecular formula is C12H18O4. The highest BCUT2D eigenvalue weighted by atomic mass is 16.6. The maximum Gasteiger partial charge on any atom is 0.337 e. The fourth-order valence-electron chi connectivity index (χ4n) is 1.56. The molecule has 0 aromatic heterocycles. The minimum absolute atomic E-state index is 0.414. The first-order chi connectivity index (χ1) is 7.70. The Morgan fingerprint density at radius 3 is 2.81 bits per heavy atom. The summed E-state index contributed by atoms with van der Waals surface area (Å²) >= 11 is 0. The highest BCUT2D eigenvalue weighted by Crippen LogP contribution is 2.23. The molecule has 4 nitrogen and oxygen atoms in total. The third-order valence-electron chi connectivity index (χ3n) is 2.34. The Hall–Kier alpha value is -1.13. The molecule has 16 heavy (non-hydrogen) atoms. The average Bonchev–Trinajstić information content (AvgIpc) is 2.35.